The molecule has 1 unspecified atom stereocenters. The Balaban J connectivity index is 2.28. The maximum Gasteiger partial charge on any atom is 0.120 e. The van der Waals surface area contributed by atoms with Gasteiger partial charge in [-0.2, -0.15) is 0 Å². The van der Waals surface area contributed by atoms with E-state index in [9.17, 15) is 4.79 Å². The van der Waals surface area contributed by atoms with E-state index in [1.807, 2.05) is 0 Å². The molecular formula is C14H17NO. The van der Waals surface area contributed by atoms with Crippen molar-refractivity contribution >= 4 is 17.2 Å². The fourth-order valence-corrected chi connectivity index (χ4v) is 2.05. The van der Waals surface area contributed by atoms with E-state index in [1.54, 1.807) is 0 Å². The molecule has 2 heteroatoms. The lowest BCUT2D eigenvalue weighted by molar-refractivity contribution is -0.108. The summed E-state index contributed by atoms with van der Waals surface area (Å²) in [5.41, 5.74) is 2.54. The number of nitrogens with zero attached hydrogens (tertiary/aromatic N) is 1. The Morgan fingerprint density at radius 3 is 2.94 bits per heavy atom. The zero-order chi connectivity index (χ0) is 11.5. The molecular weight excluding hydrogens is 198 g/mol. The summed E-state index contributed by atoms with van der Waals surface area (Å²) in [6, 6.07) is 8.60. The second-order valence-electron chi connectivity index (χ2n) is 4.54. The molecule has 2 nitrogen and oxygen atoms in total. The van der Waals surface area contributed by atoms with Crippen LogP contribution in [0, 0.1) is 12.8 Å². The topological polar surface area (TPSA) is 22.0 Å². The molecule has 0 aliphatic heterocycles. The Hall–Kier alpha value is -1.57. The van der Waals surface area contributed by atoms with E-state index in [0.717, 1.165) is 12.8 Å². The van der Waals surface area contributed by atoms with Crippen LogP contribution in [0.2, 0.25) is 0 Å². The molecule has 16 heavy (non-hydrogen) atoms. The summed E-state index contributed by atoms with van der Waals surface area (Å²) >= 11 is 0. The molecule has 2 rings (SSSR count). The van der Waals surface area contributed by atoms with Crippen LogP contribution in [0.25, 0.3) is 10.9 Å². The number of hydrogen-bond acceptors (Lipinski definition) is 1. The van der Waals surface area contributed by atoms with Crippen molar-refractivity contribution in [3.05, 3.63) is 36.0 Å². The first-order valence-corrected chi connectivity index (χ1v) is 5.70. The normalized spacial score (nSPS) is 12.9. The van der Waals surface area contributed by atoms with Gasteiger partial charge in [0.05, 0.1) is 0 Å². The zero-order valence-corrected chi connectivity index (χ0v) is 9.81. The highest BCUT2D eigenvalue weighted by Gasteiger charge is 2.05. The van der Waals surface area contributed by atoms with E-state index in [1.165, 1.54) is 16.5 Å². The van der Waals surface area contributed by atoms with Crippen LogP contribution >= 0.6 is 0 Å². The Bertz CT molecular complexity index is 498. The predicted molar refractivity (Wildman–Crippen MR) is 66.5 cm³/mol. The standard InChI is InChI=1S/C14H17NO/c1-11-3-4-14-13(9-11)5-7-15(14)10-12(2)6-8-16/h3-5,7-9,12H,6,10H2,1-2H3. The maximum absolute atomic E-state index is 10.4. The molecule has 1 atom stereocenters. The number of aryl methyl sites for hydroxylation is 1. The van der Waals surface area contributed by atoms with Crippen molar-refractivity contribution in [3.8, 4) is 0 Å². The van der Waals surface area contributed by atoms with Gasteiger partial charge in [0.25, 0.3) is 0 Å². The molecule has 0 bridgehead atoms. The Kier molecular flexibility index (Phi) is 3.09. The summed E-state index contributed by atoms with van der Waals surface area (Å²) in [5.74, 6) is 0.398. The first-order valence-electron chi connectivity index (χ1n) is 5.70. The van der Waals surface area contributed by atoms with Crippen molar-refractivity contribution < 1.29 is 4.79 Å². The highest BCUT2D eigenvalue weighted by atomic mass is 16.1. The smallest absolute Gasteiger partial charge is 0.120 e. The maximum atomic E-state index is 10.4. The predicted octanol–water partition coefficient (Wildman–Crippen LogP) is 3.17. The van der Waals surface area contributed by atoms with E-state index < -0.39 is 0 Å². The number of rotatable bonds is 4. The third kappa shape index (κ3) is 2.16. The lowest BCUT2D eigenvalue weighted by Crippen LogP contribution is -2.06. The molecule has 0 fully saturated rings. The summed E-state index contributed by atoms with van der Waals surface area (Å²) in [7, 11) is 0. The Morgan fingerprint density at radius 2 is 2.19 bits per heavy atom. The van der Waals surface area contributed by atoms with E-state index in [-0.39, 0.29) is 0 Å². The highest BCUT2D eigenvalue weighted by molar-refractivity contribution is 5.80. The number of benzene rings is 1. The van der Waals surface area contributed by atoms with Crippen molar-refractivity contribution in [2.24, 2.45) is 5.92 Å². The molecule has 2 aromatic rings. The van der Waals surface area contributed by atoms with Gasteiger partial charge >= 0.3 is 0 Å². The van der Waals surface area contributed by atoms with E-state index in [2.05, 4.69) is 48.9 Å². The van der Waals surface area contributed by atoms with Crippen molar-refractivity contribution in [2.75, 3.05) is 0 Å². The van der Waals surface area contributed by atoms with Crippen molar-refractivity contribution in [2.45, 2.75) is 26.8 Å². The third-order valence-electron chi connectivity index (χ3n) is 2.93. The van der Waals surface area contributed by atoms with E-state index >= 15 is 0 Å². The van der Waals surface area contributed by atoms with Crippen molar-refractivity contribution in [1.82, 2.24) is 4.57 Å². The first-order chi connectivity index (χ1) is 7.70. The van der Waals surface area contributed by atoms with Crippen LogP contribution in [-0.4, -0.2) is 10.9 Å². The van der Waals surface area contributed by atoms with Crippen LogP contribution in [0.5, 0.6) is 0 Å². The lowest BCUT2D eigenvalue weighted by Gasteiger charge is -2.10. The summed E-state index contributed by atoms with van der Waals surface area (Å²) in [6.07, 6.45) is 3.73. The molecule has 1 heterocycles. The molecule has 0 radical (unpaired) electrons. The van der Waals surface area contributed by atoms with Crippen LogP contribution in [-0.2, 0) is 11.3 Å². The van der Waals surface area contributed by atoms with Crippen molar-refractivity contribution in [3.63, 3.8) is 0 Å². The van der Waals surface area contributed by atoms with Gasteiger partial charge in [-0.3, -0.25) is 0 Å². The molecule has 0 saturated carbocycles. The first kappa shape index (κ1) is 10.9. The van der Waals surface area contributed by atoms with Gasteiger partial charge < -0.3 is 9.36 Å². The average molecular weight is 215 g/mol. The van der Waals surface area contributed by atoms with Gasteiger partial charge in [-0.15, -0.1) is 0 Å². The van der Waals surface area contributed by atoms with Gasteiger partial charge in [0.15, 0.2) is 0 Å². The molecule has 1 aromatic heterocycles. The van der Waals surface area contributed by atoms with E-state index in [0.29, 0.717) is 12.3 Å². The molecule has 0 N–H and O–H groups in total. The largest absolute Gasteiger partial charge is 0.347 e. The van der Waals surface area contributed by atoms with Gasteiger partial charge in [-0.05, 0) is 36.4 Å². The average Bonchev–Trinajstić information content (AvgIpc) is 2.61. The Morgan fingerprint density at radius 1 is 1.38 bits per heavy atom. The van der Waals surface area contributed by atoms with Crippen LogP contribution in [0.3, 0.4) is 0 Å². The molecule has 0 aliphatic rings. The number of aldehydes is 1. The van der Waals surface area contributed by atoms with E-state index in [4.69, 9.17) is 0 Å². The Labute approximate surface area is 95.9 Å². The fraction of sp³-hybridized carbons (Fsp3) is 0.357. The minimum absolute atomic E-state index is 0.398. The minimum Gasteiger partial charge on any atom is -0.347 e. The summed E-state index contributed by atoms with van der Waals surface area (Å²) in [6.45, 7) is 5.12. The molecule has 0 spiro atoms. The molecule has 1 aromatic carbocycles. The summed E-state index contributed by atoms with van der Waals surface area (Å²) < 4.78 is 2.23. The van der Waals surface area contributed by atoms with Gasteiger partial charge in [0, 0.05) is 24.7 Å². The quantitative estimate of drug-likeness (QED) is 0.718. The summed E-state index contributed by atoms with van der Waals surface area (Å²) in [4.78, 5) is 10.4. The van der Waals surface area contributed by atoms with Gasteiger partial charge in [0.2, 0.25) is 0 Å². The second kappa shape index (κ2) is 4.52. The minimum atomic E-state index is 0.398. The van der Waals surface area contributed by atoms with Gasteiger partial charge in [-0.1, -0.05) is 18.6 Å². The number of carbonyl (C=O) groups excluding carboxylic acids is 1. The van der Waals surface area contributed by atoms with Gasteiger partial charge in [-0.25, -0.2) is 0 Å². The van der Waals surface area contributed by atoms with Crippen molar-refractivity contribution in [1.29, 1.82) is 0 Å². The number of fused-ring (bicyclic) bond motifs is 1. The molecule has 0 saturated heterocycles. The molecule has 0 amide bonds. The SMILES string of the molecule is Cc1ccc2c(ccn2CC(C)CC=O)c1. The van der Waals surface area contributed by atoms with Crippen LogP contribution in [0.4, 0.5) is 0 Å². The second-order valence-corrected chi connectivity index (χ2v) is 4.54. The molecule has 0 aliphatic carbocycles. The monoisotopic (exact) mass is 215 g/mol. The highest BCUT2D eigenvalue weighted by Crippen LogP contribution is 2.19. The third-order valence-corrected chi connectivity index (χ3v) is 2.93. The lowest BCUT2D eigenvalue weighted by atomic mass is 10.1. The number of carbonyl (C=O) groups is 1. The number of hydrogen-bond donors (Lipinski definition) is 0. The van der Waals surface area contributed by atoms with Crippen LogP contribution < -0.4 is 0 Å². The van der Waals surface area contributed by atoms with Crippen LogP contribution in [0.15, 0.2) is 30.5 Å². The zero-order valence-electron chi connectivity index (χ0n) is 9.81. The fourth-order valence-electron chi connectivity index (χ4n) is 2.05. The van der Waals surface area contributed by atoms with Crippen LogP contribution in [0.1, 0.15) is 18.9 Å². The number of aromatic nitrogens is 1. The molecule has 84 valence electrons. The van der Waals surface area contributed by atoms with Gasteiger partial charge in [0.1, 0.15) is 6.29 Å². The summed E-state index contributed by atoms with van der Waals surface area (Å²) in [5, 5.41) is 1.28.